The Hall–Kier alpha value is 0.880. The second-order valence-electron chi connectivity index (χ2n) is 6.86. The largest absolute Gasteiger partial charge is 1.00 e. The average molecular weight is 476 g/mol. The normalized spacial score (nSPS) is 10.2. The molecule has 0 rings (SSSR count). The number of hydrogen-bond donors (Lipinski definition) is 1. The topological polar surface area (TPSA) is 27.6 Å². The van der Waals surface area contributed by atoms with Crippen LogP contribution in [0.2, 0.25) is 0 Å². The lowest BCUT2D eigenvalue weighted by Gasteiger charge is -2.39. The number of unbranched alkanes of at least 4 members (excludes halogenated alkanes) is 5. The molecule has 3 N–H and O–H groups in total. The van der Waals surface area contributed by atoms with Gasteiger partial charge in [-0.15, -0.1) is 0 Å². The average Bonchev–Trinajstić information content (AvgIpc) is 2.55. The predicted octanol–water partition coefficient (Wildman–Crippen LogP) is -0.960. The minimum absolute atomic E-state index is 0. The number of hydrogen-bond acceptors (Lipinski definition) is 0. The van der Waals surface area contributed by atoms with Gasteiger partial charge in [0.1, 0.15) is 0 Å². The first kappa shape index (κ1) is 32.5. The molecule has 0 saturated carbocycles. The van der Waals surface area contributed by atoms with Crippen LogP contribution >= 0.6 is 0 Å². The molecule has 24 heavy (non-hydrogen) atoms. The van der Waals surface area contributed by atoms with Crippen LogP contribution in [0.4, 0.5) is 0 Å². The van der Waals surface area contributed by atoms with E-state index < -0.39 is 0 Å². The predicted molar refractivity (Wildman–Crippen MR) is 102 cm³/mol. The first-order valence-corrected chi connectivity index (χ1v) is 10.3. The SMILES string of the molecule is CCCC[N+](CCCC)(CCCC)CCCC.CCCC[NH3+].[Br-].[Br-]. The molecule has 0 saturated heterocycles. The maximum atomic E-state index is 3.68. The van der Waals surface area contributed by atoms with E-state index in [4.69, 9.17) is 0 Å². The van der Waals surface area contributed by atoms with Gasteiger partial charge in [0.25, 0.3) is 0 Å². The molecule has 0 bridgehead atoms. The molecule has 0 aromatic carbocycles. The van der Waals surface area contributed by atoms with Crippen molar-refractivity contribution >= 4 is 0 Å². The summed E-state index contributed by atoms with van der Waals surface area (Å²) >= 11 is 0. The Morgan fingerprint density at radius 1 is 0.500 bits per heavy atom. The standard InChI is InChI=1S/C16H36N.C4H11N.2BrH/c1-5-9-13-17(14-10-6-2,15-11-7-3)16-12-8-4;1-2-3-4-5;;/h5-16H2,1-4H3;2-5H2,1H3;2*1H/q+1;;;/p-1. The van der Waals surface area contributed by atoms with Gasteiger partial charge in [0.2, 0.25) is 0 Å². The second kappa shape index (κ2) is 26.1. The molecule has 0 heterocycles. The van der Waals surface area contributed by atoms with E-state index in [-0.39, 0.29) is 34.0 Å². The Labute approximate surface area is 175 Å². The number of halogens is 2. The van der Waals surface area contributed by atoms with Gasteiger partial charge in [-0.3, -0.25) is 0 Å². The monoisotopic (exact) mass is 474 g/mol. The zero-order chi connectivity index (χ0) is 17.1. The first-order valence-electron chi connectivity index (χ1n) is 10.3. The molecule has 0 aromatic heterocycles. The fourth-order valence-electron chi connectivity index (χ4n) is 2.89. The van der Waals surface area contributed by atoms with E-state index in [1.54, 1.807) is 0 Å². The molecular formula is C20H48Br2N2. The highest BCUT2D eigenvalue weighted by atomic mass is 79.9. The molecule has 0 aliphatic rings. The number of rotatable bonds is 14. The molecule has 0 radical (unpaired) electrons. The van der Waals surface area contributed by atoms with E-state index in [0.717, 1.165) is 6.54 Å². The third-order valence-corrected chi connectivity index (χ3v) is 4.55. The smallest absolute Gasteiger partial charge is 0.0786 e. The van der Waals surface area contributed by atoms with Crippen molar-refractivity contribution in [3.05, 3.63) is 0 Å². The molecule has 2 nitrogen and oxygen atoms in total. The minimum atomic E-state index is 0. The van der Waals surface area contributed by atoms with E-state index in [9.17, 15) is 0 Å². The van der Waals surface area contributed by atoms with E-state index in [0.29, 0.717) is 0 Å². The van der Waals surface area contributed by atoms with Gasteiger partial charge in [-0.25, -0.2) is 0 Å². The highest BCUT2D eigenvalue weighted by Gasteiger charge is 2.24. The molecular weight excluding hydrogens is 428 g/mol. The summed E-state index contributed by atoms with van der Waals surface area (Å²) in [5, 5.41) is 0. The number of nitrogens with zero attached hydrogens (tertiary/aromatic N) is 1. The molecule has 152 valence electrons. The molecule has 0 aliphatic heterocycles. The number of quaternary nitrogens is 2. The Kier molecular flexibility index (Phi) is 35.4. The van der Waals surface area contributed by atoms with E-state index in [1.165, 1.54) is 94.9 Å². The van der Waals surface area contributed by atoms with Gasteiger partial charge in [-0.2, -0.15) is 0 Å². The highest BCUT2D eigenvalue weighted by molar-refractivity contribution is 4.49. The van der Waals surface area contributed by atoms with Crippen molar-refractivity contribution < 1.29 is 44.2 Å². The van der Waals surface area contributed by atoms with Crippen molar-refractivity contribution in [3.63, 3.8) is 0 Å². The third kappa shape index (κ3) is 20.9. The van der Waals surface area contributed by atoms with Crippen molar-refractivity contribution in [2.75, 3.05) is 32.7 Å². The highest BCUT2D eigenvalue weighted by Crippen LogP contribution is 2.16. The molecule has 0 fully saturated rings. The quantitative estimate of drug-likeness (QED) is 0.313. The lowest BCUT2D eigenvalue weighted by Crippen LogP contribution is -3.00. The zero-order valence-corrected chi connectivity index (χ0v) is 20.7. The Balaban J connectivity index is -0.000000250. The minimum Gasteiger partial charge on any atom is -1.00 e. The summed E-state index contributed by atoms with van der Waals surface area (Å²) in [5.74, 6) is 0. The van der Waals surface area contributed by atoms with Crippen LogP contribution in [0.15, 0.2) is 0 Å². The maximum absolute atomic E-state index is 3.68. The summed E-state index contributed by atoms with van der Waals surface area (Å²) in [4.78, 5) is 0. The summed E-state index contributed by atoms with van der Waals surface area (Å²) < 4.78 is 1.42. The summed E-state index contributed by atoms with van der Waals surface area (Å²) in [6.07, 6.45) is 13.6. The Bertz CT molecular complexity index is 163. The van der Waals surface area contributed by atoms with Crippen LogP contribution in [0, 0.1) is 0 Å². The molecule has 0 aliphatic carbocycles. The Morgan fingerprint density at radius 3 is 0.875 bits per heavy atom. The third-order valence-electron chi connectivity index (χ3n) is 4.55. The first-order chi connectivity index (χ1) is 10.7. The van der Waals surface area contributed by atoms with Gasteiger partial charge in [0.05, 0.1) is 32.7 Å². The zero-order valence-electron chi connectivity index (χ0n) is 17.5. The summed E-state index contributed by atoms with van der Waals surface area (Å²) in [7, 11) is 0. The van der Waals surface area contributed by atoms with Gasteiger partial charge in [0, 0.05) is 0 Å². The summed E-state index contributed by atoms with van der Waals surface area (Å²) in [6.45, 7) is 18.3. The van der Waals surface area contributed by atoms with Gasteiger partial charge in [0.15, 0.2) is 0 Å². The van der Waals surface area contributed by atoms with Crippen molar-refractivity contribution in [3.8, 4) is 0 Å². The molecule has 0 spiro atoms. The summed E-state index contributed by atoms with van der Waals surface area (Å²) in [6, 6.07) is 0. The molecule has 0 amide bonds. The van der Waals surface area contributed by atoms with Crippen LogP contribution in [0.25, 0.3) is 0 Å². The summed E-state index contributed by atoms with van der Waals surface area (Å²) in [5.41, 5.74) is 3.68. The van der Waals surface area contributed by atoms with Crippen LogP contribution in [-0.4, -0.2) is 37.2 Å². The van der Waals surface area contributed by atoms with Crippen molar-refractivity contribution in [2.45, 2.75) is 98.8 Å². The lowest BCUT2D eigenvalue weighted by molar-refractivity contribution is -0.929. The Morgan fingerprint density at radius 2 is 0.750 bits per heavy atom. The van der Waals surface area contributed by atoms with Crippen LogP contribution in [0.1, 0.15) is 98.8 Å². The molecule has 0 atom stereocenters. The molecule has 0 unspecified atom stereocenters. The fourth-order valence-corrected chi connectivity index (χ4v) is 2.89. The van der Waals surface area contributed by atoms with Gasteiger partial charge in [-0.05, 0) is 32.1 Å². The van der Waals surface area contributed by atoms with Gasteiger partial charge in [-0.1, -0.05) is 66.7 Å². The van der Waals surface area contributed by atoms with Crippen molar-refractivity contribution in [1.29, 1.82) is 0 Å². The van der Waals surface area contributed by atoms with E-state index in [1.807, 2.05) is 0 Å². The lowest BCUT2D eigenvalue weighted by atomic mass is 10.1. The van der Waals surface area contributed by atoms with Crippen LogP contribution in [-0.2, 0) is 0 Å². The maximum Gasteiger partial charge on any atom is 0.0786 e. The van der Waals surface area contributed by atoms with Crippen LogP contribution in [0.3, 0.4) is 0 Å². The van der Waals surface area contributed by atoms with E-state index in [2.05, 4.69) is 40.4 Å². The van der Waals surface area contributed by atoms with Crippen molar-refractivity contribution in [2.24, 2.45) is 0 Å². The fraction of sp³-hybridized carbons (Fsp3) is 1.00. The van der Waals surface area contributed by atoms with E-state index >= 15 is 0 Å². The van der Waals surface area contributed by atoms with Gasteiger partial charge >= 0.3 is 0 Å². The molecule has 0 aromatic rings. The molecule has 4 heteroatoms. The van der Waals surface area contributed by atoms with Crippen LogP contribution in [0.5, 0.6) is 0 Å². The van der Waals surface area contributed by atoms with Gasteiger partial charge < -0.3 is 44.2 Å². The van der Waals surface area contributed by atoms with Crippen LogP contribution < -0.4 is 39.7 Å². The van der Waals surface area contributed by atoms with Crippen molar-refractivity contribution in [1.82, 2.24) is 0 Å². The second-order valence-corrected chi connectivity index (χ2v) is 6.86.